The van der Waals surface area contributed by atoms with Crippen LogP contribution in [0.5, 0.6) is 0 Å². The van der Waals surface area contributed by atoms with Gasteiger partial charge >= 0.3 is 5.97 Å². The number of nitrogens with one attached hydrogen (secondary N) is 2. The normalized spacial score (nSPS) is 15.2. The molecule has 268 valence electrons. The van der Waals surface area contributed by atoms with Crippen LogP contribution >= 0.6 is 15.9 Å². The van der Waals surface area contributed by atoms with E-state index in [1.54, 1.807) is 51.1 Å². The van der Waals surface area contributed by atoms with Crippen LogP contribution < -0.4 is 15.5 Å². The summed E-state index contributed by atoms with van der Waals surface area (Å²) in [6, 6.07) is 16.5. The number of tetrazole rings is 1. The van der Waals surface area contributed by atoms with Gasteiger partial charge in [0.05, 0.1) is 17.8 Å². The Morgan fingerprint density at radius 3 is 2.43 bits per heavy atom. The molecule has 0 aliphatic carbocycles. The number of carbonyl (C=O) groups is 5. The smallest absolute Gasteiger partial charge is 0.308 e. The van der Waals surface area contributed by atoms with E-state index >= 15 is 0 Å². The summed E-state index contributed by atoms with van der Waals surface area (Å²) in [7, 11) is 1.50. The van der Waals surface area contributed by atoms with Crippen LogP contribution in [0.25, 0.3) is 10.8 Å². The molecule has 3 amide bonds. The van der Waals surface area contributed by atoms with Crippen molar-refractivity contribution in [1.29, 1.82) is 0 Å². The summed E-state index contributed by atoms with van der Waals surface area (Å²) < 4.78 is 10.5. The van der Waals surface area contributed by atoms with Crippen LogP contribution in [-0.2, 0) is 48.2 Å². The number of hydrogen-bond donors (Lipinski definition) is 2. The molecule has 0 radical (unpaired) electrons. The number of aryl methyl sites for hydroxylation is 1. The topological polar surface area (TPSA) is 175 Å². The number of halogens is 1. The van der Waals surface area contributed by atoms with Crippen LogP contribution in [0.1, 0.15) is 55.4 Å². The molecule has 2 N–H and O–H groups in total. The zero-order valence-corrected chi connectivity index (χ0v) is 30.4. The van der Waals surface area contributed by atoms with Gasteiger partial charge in [-0.15, -0.1) is 15.0 Å². The van der Waals surface area contributed by atoms with Crippen LogP contribution in [0, 0.1) is 0 Å². The van der Waals surface area contributed by atoms with Crippen molar-refractivity contribution in [3.63, 3.8) is 0 Å². The van der Waals surface area contributed by atoms with Crippen molar-refractivity contribution in [1.82, 2.24) is 30.8 Å². The molecule has 0 saturated heterocycles. The van der Waals surface area contributed by atoms with Gasteiger partial charge in [0.2, 0.25) is 11.8 Å². The predicted molar refractivity (Wildman–Crippen MR) is 191 cm³/mol. The molecule has 0 bridgehead atoms. The molecular formula is C36H40BrN7O7. The van der Waals surface area contributed by atoms with Crippen molar-refractivity contribution in [3.8, 4) is 0 Å². The van der Waals surface area contributed by atoms with Crippen LogP contribution in [-0.4, -0.2) is 85.8 Å². The van der Waals surface area contributed by atoms with Crippen molar-refractivity contribution in [2.24, 2.45) is 0 Å². The first-order chi connectivity index (χ1) is 24.4. The van der Waals surface area contributed by atoms with Crippen molar-refractivity contribution in [2.45, 2.75) is 76.9 Å². The summed E-state index contributed by atoms with van der Waals surface area (Å²) in [6.45, 7) is 5.20. The summed E-state index contributed by atoms with van der Waals surface area (Å²) in [5.74, 6) is -2.42. The summed E-state index contributed by atoms with van der Waals surface area (Å²) in [4.78, 5) is 70.8. The maximum absolute atomic E-state index is 14.7. The number of ketones is 1. The summed E-state index contributed by atoms with van der Waals surface area (Å²) in [6.07, 6.45) is -0.00180. The van der Waals surface area contributed by atoms with Gasteiger partial charge < -0.3 is 20.1 Å². The highest BCUT2D eigenvalue weighted by Gasteiger charge is 2.42. The highest BCUT2D eigenvalue weighted by molar-refractivity contribution is 9.09. The first kappa shape index (κ1) is 37.2. The fourth-order valence-corrected chi connectivity index (χ4v) is 6.32. The van der Waals surface area contributed by atoms with Gasteiger partial charge in [-0.2, -0.15) is 0 Å². The van der Waals surface area contributed by atoms with Crippen LogP contribution in [0.2, 0.25) is 0 Å². The number of aromatic nitrogens is 4. The number of ether oxygens (including phenoxy) is 2. The summed E-state index contributed by atoms with van der Waals surface area (Å²) >= 11 is 3.14. The van der Waals surface area contributed by atoms with E-state index < -0.39 is 53.2 Å². The highest BCUT2D eigenvalue weighted by atomic mass is 79.9. The molecule has 2 heterocycles. The molecule has 4 aromatic rings. The molecule has 3 atom stereocenters. The molecule has 0 fully saturated rings. The number of para-hydroxylation sites is 1. The third kappa shape index (κ3) is 9.21. The molecule has 0 spiro atoms. The fourth-order valence-electron chi connectivity index (χ4n) is 5.93. The van der Waals surface area contributed by atoms with Crippen molar-refractivity contribution < 1.29 is 33.4 Å². The maximum Gasteiger partial charge on any atom is 0.308 e. The van der Waals surface area contributed by atoms with Crippen molar-refractivity contribution in [3.05, 3.63) is 83.7 Å². The predicted octanol–water partition coefficient (Wildman–Crippen LogP) is 3.30. The molecule has 51 heavy (non-hydrogen) atoms. The van der Waals surface area contributed by atoms with Gasteiger partial charge in [-0.05, 0) is 60.9 Å². The lowest BCUT2D eigenvalue weighted by Gasteiger charge is -2.30. The Labute approximate surface area is 303 Å². The Bertz CT molecular complexity index is 1920. The Morgan fingerprint density at radius 1 is 0.961 bits per heavy atom. The standard InChI is InChI=1S/C36H40BrN7O7/c1-36(2,3)51-32(46)19-27(30(45)20-37)39-34(48)29-18-23-11-6-8-15-28(23)44(29)35(49)26(16-17-31-40-42-43(41-31)21-50-4)38-33(47)25-14-9-12-22-10-5-7-13-24(22)25/h5-15,26-27,29H,16-21H2,1-4H3,(H,38,47)(H,39,48)/t26-,27-,29-/m0/s1. The quantitative estimate of drug-likeness (QED) is 0.143. The highest BCUT2D eigenvalue weighted by Crippen LogP contribution is 2.33. The molecule has 0 saturated carbocycles. The molecule has 1 aliphatic heterocycles. The van der Waals surface area contributed by atoms with Gasteiger partial charge in [0.15, 0.2) is 18.3 Å². The fraction of sp³-hybridized carbons (Fsp3) is 0.389. The largest absolute Gasteiger partial charge is 0.460 e. The molecular weight excluding hydrogens is 722 g/mol. The molecule has 0 unspecified atom stereocenters. The lowest BCUT2D eigenvalue weighted by molar-refractivity contribution is -0.156. The van der Waals surface area contributed by atoms with E-state index in [0.29, 0.717) is 22.5 Å². The molecule has 15 heteroatoms. The second-order valence-electron chi connectivity index (χ2n) is 13.1. The Balaban J connectivity index is 1.45. The van der Waals surface area contributed by atoms with E-state index in [1.165, 1.54) is 16.8 Å². The Morgan fingerprint density at radius 2 is 1.69 bits per heavy atom. The lowest BCUT2D eigenvalue weighted by atomic mass is 10.0. The van der Waals surface area contributed by atoms with Crippen LogP contribution in [0.4, 0.5) is 5.69 Å². The van der Waals surface area contributed by atoms with E-state index in [0.717, 1.165) is 10.9 Å². The van der Waals surface area contributed by atoms with E-state index in [2.05, 4.69) is 42.0 Å². The number of methoxy groups -OCH3 is 1. The number of nitrogens with zero attached hydrogens (tertiary/aromatic N) is 5. The first-order valence-electron chi connectivity index (χ1n) is 16.4. The van der Waals surface area contributed by atoms with E-state index in [9.17, 15) is 24.0 Å². The second kappa shape index (κ2) is 16.3. The maximum atomic E-state index is 14.7. The number of hydrogen-bond acceptors (Lipinski definition) is 10. The van der Waals surface area contributed by atoms with Gasteiger partial charge in [-0.25, -0.2) is 0 Å². The zero-order chi connectivity index (χ0) is 36.7. The molecule has 14 nitrogen and oxygen atoms in total. The number of carbonyl (C=O) groups excluding carboxylic acids is 5. The SMILES string of the molecule is COCn1nnc(CC[C@H](NC(=O)c2cccc3ccccc23)C(=O)N2c3ccccc3C[C@H]2C(=O)N[C@@H](CC(=O)OC(C)(C)C)C(=O)CBr)n1. The summed E-state index contributed by atoms with van der Waals surface area (Å²) in [5.41, 5.74) is 0.805. The number of esters is 1. The number of fused-ring (bicyclic) bond motifs is 2. The Hall–Kier alpha value is -5.02. The first-order valence-corrected chi connectivity index (χ1v) is 17.6. The van der Waals surface area contributed by atoms with Crippen LogP contribution in [0.15, 0.2) is 66.7 Å². The minimum atomic E-state index is -1.20. The zero-order valence-electron chi connectivity index (χ0n) is 28.8. The van der Waals surface area contributed by atoms with Gasteiger partial charge in [-0.1, -0.05) is 70.5 Å². The van der Waals surface area contributed by atoms with Gasteiger partial charge in [0, 0.05) is 31.2 Å². The van der Waals surface area contributed by atoms with Crippen molar-refractivity contribution >= 4 is 61.9 Å². The monoisotopic (exact) mass is 761 g/mol. The minimum Gasteiger partial charge on any atom is -0.460 e. The van der Waals surface area contributed by atoms with E-state index in [-0.39, 0.29) is 37.7 Å². The molecule has 1 aliphatic rings. The third-order valence-corrected chi connectivity index (χ3v) is 8.73. The van der Waals surface area contributed by atoms with Gasteiger partial charge in [-0.3, -0.25) is 28.9 Å². The van der Waals surface area contributed by atoms with Crippen molar-refractivity contribution in [2.75, 3.05) is 17.3 Å². The number of Topliss-reactive ketones (excluding diaryl/α,β-unsaturated/α-hetero) is 1. The number of alkyl halides is 1. The number of anilines is 1. The summed E-state index contributed by atoms with van der Waals surface area (Å²) in [5, 5.41) is 19.4. The third-order valence-electron chi connectivity index (χ3n) is 8.18. The lowest BCUT2D eigenvalue weighted by Crippen LogP contribution is -2.57. The van der Waals surface area contributed by atoms with E-state index in [1.807, 2.05) is 36.4 Å². The average molecular weight is 763 g/mol. The molecule has 5 rings (SSSR count). The second-order valence-corrected chi connectivity index (χ2v) is 13.7. The number of rotatable bonds is 14. The Kier molecular flexibility index (Phi) is 11.9. The molecule has 3 aromatic carbocycles. The average Bonchev–Trinajstić information content (AvgIpc) is 3.72. The van der Waals surface area contributed by atoms with Gasteiger partial charge in [0.1, 0.15) is 17.7 Å². The van der Waals surface area contributed by atoms with E-state index in [4.69, 9.17) is 9.47 Å². The van der Waals surface area contributed by atoms with Crippen LogP contribution in [0.3, 0.4) is 0 Å². The number of benzene rings is 3. The molecule has 1 aromatic heterocycles. The minimum absolute atomic E-state index is 0.0738. The number of amides is 3. The van der Waals surface area contributed by atoms with Gasteiger partial charge in [0.25, 0.3) is 5.91 Å².